The standard InChI is InChI=1S/C21H25ClN2/c22-20-7-3-4-17(14-20)15-23-11-9-21(10-12-23)24-13-8-18-5-1-2-6-19(18)16-24/h1-7,14,21H,8-13,15-16H2. The smallest absolute Gasteiger partial charge is 0.0409 e. The van der Waals surface area contributed by atoms with Gasteiger partial charge in [-0.3, -0.25) is 9.80 Å². The largest absolute Gasteiger partial charge is 0.299 e. The van der Waals surface area contributed by atoms with Crippen LogP contribution in [0.5, 0.6) is 0 Å². The number of likely N-dealkylation sites (tertiary alicyclic amines) is 1. The Hall–Kier alpha value is -1.35. The molecule has 0 aromatic heterocycles. The molecule has 2 aliphatic heterocycles. The number of hydrogen-bond donors (Lipinski definition) is 0. The van der Waals surface area contributed by atoms with E-state index in [1.165, 1.54) is 50.0 Å². The zero-order valence-electron chi connectivity index (χ0n) is 14.1. The van der Waals surface area contributed by atoms with Gasteiger partial charge >= 0.3 is 0 Å². The van der Waals surface area contributed by atoms with Gasteiger partial charge in [-0.25, -0.2) is 0 Å². The van der Waals surface area contributed by atoms with Gasteiger partial charge in [0.2, 0.25) is 0 Å². The molecule has 0 saturated carbocycles. The summed E-state index contributed by atoms with van der Waals surface area (Å²) < 4.78 is 0. The van der Waals surface area contributed by atoms with E-state index in [1.807, 2.05) is 6.07 Å². The van der Waals surface area contributed by atoms with Gasteiger partial charge in [0.25, 0.3) is 0 Å². The van der Waals surface area contributed by atoms with Gasteiger partial charge in [-0.15, -0.1) is 0 Å². The van der Waals surface area contributed by atoms with Gasteiger partial charge in [0.05, 0.1) is 0 Å². The highest BCUT2D eigenvalue weighted by atomic mass is 35.5. The first-order valence-electron chi connectivity index (χ1n) is 9.05. The van der Waals surface area contributed by atoms with Crippen molar-refractivity contribution in [3.05, 3.63) is 70.2 Å². The quantitative estimate of drug-likeness (QED) is 0.819. The molecule has 1 fully saturated rings. The SMILES string of the molecule is Clc1cccc(CN2CCC(N3CCc4ccccc4C3)CC2)c1. The molecule has 126 valence electrons. The Kier molecular flexibility index (Phi) is 4.88. The van der Waals surface area contributed by atoms with Gasteiger partial charge in [-0.05, 0) is 61.2 Å². The van der Waals surface area contributed by atoms with E-state index in [2.05, 4.69) is 52.3 Å². The van der Waals surface area contributed by atoms with Crippen molar-refractivity contribution in [1.82, 2.24) is 9.80 Å². The lowest BCUT2D eigenvalue weighted by Crippen LogP contribution is -2.46. The van der Waals surface area contributed by atoms with Gasteiger partial charge in [-0.2, -0.15) is 0 Å². The third kappa shape index (κ3) is 3.66. The highest BCUT2D eigenvalue weighted by Crippen LogP contribution is 2.25. The van der Waals surface area contributed by atoms with Crippen LogP contribution in [0.2, 0.25) is 5.02 Å². The maximum atomic E-state index is 6.10. The average molecular weight is 341 g/mol. The molecule has 0 radical (unpaired) electrons. The van der Waals surface area contributed by atoms with E-state index in [0.717, 1.165) is 24.2 Å². The molecule has 0 spiro atoms. The molecule has 2 aromatic carbocycles. The van der Waals surface area contributed by atoms with Gasteiger partial charge in [0, 0.05) is 30.7 Å². The van der Waals surface area contributed by atoms with Crippen molar-refractivity contribution in [1.29, 1.82) is 0 Å². The number of benzene rings is 2. The molecular weight excluding hydrogens is 316 g/mol. The first-order valence-corrected chi connectivity index (χ1v) is 9.43. The fraction of sp³-hybridized carbons (Fsp3) is 0.429. The molecule has 0 amide bonds. The Labute approximate surface area is 150 Å². The number of nitrogens with zero attached hydrogens (tertiary/aromatic N) is 2. The maximum absolute atomic E-state index is 6.10. The second-order valence-electron chi connectivity index (χ2n) is 7.13. The summed E-state index contributed by atoms with van der Waals surface area (Å²) in [5, 5.41) is 0.842. The van der Waals surface area contributed by atoms with Crippen LogP contribution in [0.1, 0.15) is 29.5 Å². The van der Waals surface area contributed by atoms with Crippen LogP contribution in [0.4, 0.5) is 0 Å². The van der Waals surface area contributed by atoms with Crippen molar-refractivity contribution in [2.75, 3.05) is 19.6 Å². The second kappa shape index (κ2) is 7.26. The highest BCUT2D eigenvalue weighted by Gasteiger charge is 2.27. The number of hydrogen-bond acceptors (Lipinski definition) is 2. The van der Waals surface area contributed by atoms with Crippen molar-refractivity contribution < 1.29 is 0 Å². The van der Waals surface area contributed by atoms with E-state index in [4.69, 9.17) is 11.6 Å². The van der Waals surface area contributed by atoms with Gasteiger partial charge < -0.3 is 0 Å². The molecule has 2 aromatic rings. The Morgan fingerprint density at radius 1 is 0.917 bits per heavy atom. The Balaban J connectivity index is 1.32. The van der Waals surface area contributed by atoms with E-state index < -0.39 is 0 Å². The average Bonchev–Trinajstić information content (AvgIpc) is 2.62. The number of piperidine rings is 1. The number of rotatable bonds is 3. The Bertz CT molecular complexity index is 692. The highest BCUT2D eigenvalue weighted by molar-refractivity contribution is 6.30. The van der Waals surface area contributed by atoms with Crippen LogP contribution in [0.3, 0.4) is 0 Å². The Morgan fingerprint density at radius 3 is 2.50 bits per heavy atom. The lowest BCUT2D eigenvalue weighted by Gasteiger charge is -2.40. The van der Waals surface area contributed by atoms with Crippen molar-refractivity contribution in [3.8, 4) is 0 Å². The minimum Gasteiger partial charge on any atom is -0.299 e. The van der Waals surface area contributed by atoms with Crippen LogP contribution < -0.4 is 0 Å². The van der Waals surface area contributed by atoms with E-state index in [-0.39, 0.29) is 0 Å². The van der Waals surface area contributed by atoms with E-state index in [0.29, 0.717) is 0 Å². The van der Waals surface area contributed by atoms with Crippen LogP contribution in [-0.4, -0.2) is 35.5 Å². The molecule has 0 atom stereocenters. The molecule has 0 N–H and O–H groups in total. The fourth-order valence-corrected chi connectivity index (χ4v) is 4.38. The zero-order valence-corrected chi connectivity index (χ0v) is 14.9. The van der Waals surface area contributed by atoms with Crippen LogP contribution in [0, 0.1) is 0 Å². The zero-order chi connectivity index (χ0) is 16.4. The van der Waals surface area contributed by atoms with Gasteiger partial charge in [0.1, 0.15) is 0 Å². The van der Waals surface area contributed by atoms with E-state index in [9.17, 15) is 0 Å². The molecule has 0 unspecified atom stereocenters. The predicted molar refractivity (Wildman–Crippen MR) is 100 cm³/mol. The molecule has 1 saturated heterocycles. The van der Waals surface area contributed by atoms with Crippen LogP contribution in [-0.2, 0) is 19.5 Å². The molecule has 2 aliphatic rings. The normalized spacial score (nSPS) is 20.0. The van der Waals surface area contributed by atoms with Gasteiger partial charge in [-0.1, -0.05) is 48.0 Å². The minimum atomic E-state index is 0.744. The predicted octanol–water partition coefficient (Wildman–Crippen LogP) is 4.36. The third-order valence-corrected chi connectivity index (χ3v) is 5.76. The molecule has 4 rings (SSSR count). The maximum Gasteiger partial charge on any atom is 0.0409 e. The fourth-order valence-electron chi connectivity index (χ4n) is 4.17. The summed E-state index contributed by atoms with van der Waals surface area (Å²) in [6.07, 6.45) is 3.77. The number of fused-ring (bicyclic) bond motifs is 1. The molecule has 2 heterocycles. The molecule has 2 nitrogen and oxygen atoms in total. The van der Waals surface area contributed by atoms with Gasteiger partial charge in [0.15, 0.2) is 0 Å². The summed E-state index contributed by atoms with van der Waals surface area (Å²) in [4.78, 5) is 5.28. The van der Waals surface area contributed by atoms with E-state index >= 15 is 0 Å². The monoisotopic (exact) mass is 340 g/mol. The first-order chi connectivity index (χ1) is 11.8. The van der Waals surface area contributed by atoms with Crippen LogP contribution in [0.25, 0.3) is 0 Å². The lowest BCUT2D eigenvalue weighted by molar-refractivity contribution is 0.0949. The van der Waals surface area contributed by atoms with Crippen molar-refractivity contribution in [2.24, 2.45) is 0 Å². The second-order valence-corrected chi connectivity index (χ2v) is 7.56. The minimum absolute atomic E-state index is 0.744. The van der Waals surface area contributed by atoms with Crippen LogP contribution >= 0.6 is 11.6 Å². The molecular formula is C21H25ClN2. The third-order valence-electron chi connectivity index (χ3n) is 5.53. The molecule has 24 heavy (non-hydrogen) atoms. The van der Waals surface area contributed by atoms with Crippen molar-refractivity contribution in [2.45, 2.75) is 38.4 Å². The molecule has 0 aliphatic carbocycles. The van der Waals surface area contributed by atoms with E-state index in [1.54, 1.807) is 5.56 Å². The molecule has 0 bridgehead atoms. The number of halogens is 1. The lowest BCUT2D eigenvalue weighted by atomic mass is 9.95. The summed E-state index contributed by atoms with van der Waals surface area (Å²) >= 11 is 6.10. The topological polar surface area (TPSA) is 6.48 Å². The summed E-state index contributed by atoms with van der Waals surface area (Å²) in [6.45, 7) is 5.76. The molecule has 3 heteroatoms. The van der Waals surface area contributed by atoms with Crippen LogP contribution in [0.15, 0.2) is 48.5 Å². The summed E-state index contributed by atoms with van der Waals surface area (Å²) in [6, 6.07) is 18.0. The summed E-state index contributed by atoms with van der Waals surface area (Å²) in [5.74, 6) is 0. The summed E-state index contributed by atoms with van der Waals surface area (Å²) in [5.41, 5.74) is 4.41. The first kappa shape index (κ1) is 16.1. The van der Waals surface area contributed by atoms with Crippen molar-refractivity contribution in [3.63, 3.8) is 0 Å². The summed E-state index contributed by atoms with van der Waals surface area (Å²) in [7, 11) is 0. The van der Waals surface area contributed by atoms with Crippen molar-refractivity contribution >= 4 is 11.6 Å². The Morgan fingerprint density at radius 2 is 1.71 bits per heavy atom.